The summed E-state index contributed by atoms with van der Waals surface area (Å²) in [4.78, 5) is 35.0. The topological polar surface area (TPSA) is 77.3 Å². The molecule has 6 nitrogen and oxygen atoms in total. The summed E-state index contributed by atoms with van der Waals surface area (Å²) in [5.74, 6) is 0. The van der Waals surface area contributed by atoms with E-state index in [2.05, 4.69) is 255 Å². The van der Waals surface area contributed by atoms with Crippen LogP contribution in [0.4, 0.5) is 0 Å². The highest BCUT2D eigenvalue weighted by atomic mass is 14.9. The van der Waals surface area contributed by atoms with Gasteiger partial charge in [-0.1, -0.05) is 218 Å². The number of rotatable bonds is 6. The van der Waals surface area contributed by atoms with Crippen molar-refractivity contribution in [3.8, 4) is 67.5 Å². The zero-order valence-electron chi connectivity index (χ0n) is 41.9. The summed E-state index contributed by atoms with van der Waals surface area (Å²) in [6.07, 6.45) is 0. The van der Waals surface area contributed by atoms with Crippen LogP contribution in [0.1, 0.15) is 0 Å². The molecular weight excluding hydrogens is 949 g/mol. The lowest BCUT2D eigenvalue weighted by molar-refractivity contribution is 1.24. The van der Waals surface area contributed by atoms with Gasteiger partial charge in [0.2, 0.25) is 0 Å². The third-order valence-electron chi connectivity index (χ3n) is 15.5. The maximum Gasteiger partial charge on any atom is 0.120 e. The largest absolute Gasteiger partial charge is 0.241 e. The van der Waals surface area contributed by atoms with E-state index in [4.69, 9.17) is 29.9 Å². The molecule has 3 aromatic heterocycles. The van der Waals surface area contributed by atoms with Gasteiger partial charge in [-0.05, 0) is 101 Å². The van der Waals surface area contributed by atoms with Crippen molar-refractivity contribution >= 4 is 97.7 Å². The van der Waals surface area contributed by atoms with E-state index in [1.807, 2.05) is 0 Å². The van der Waals surface area contributed by atoms with Gasteiger partial charge in [0.1, 0.15) is 33.1 Å². The lowest BCUT2D eigenvalue weighted by atomic mass is 9.97. The number of benzene rings is 13. The Bertz CT molecular complexity index is 4320. The molecule has 6 heteroatoms. The van der Waals surface area contributed by atoms with Crippen LogP contribution in [-0.2, 0) is 0 Å². The van der Waals surface area contributed by atoms with Crippen LogP contribution in [0.2, 0.25) is 0 Å². The summed E-state index contributed by atoms with van der Waals surface area (Å²) in [7, 11) is 0. The van der Waals surface area contributed by atoms with Crippen molar-refractivity contribution in [2.24, 2.45) is 0 Å². The Balaban J connectivity index is 1.09. The number of nitrogens with zero attached hydrogens (tertiary/aromatic N) is 6. The molecule has 0 saturated carbocycles. The SMILES string of the molecule is c1ccc2cc(-c3nc4c5nc(-c6ccc7ccccc7c6)c(-c6ccc7ccccc7c6)nc5c5nc(-c6ccc7ccccc7c6)c(-c6ccc7ccccc7c6)nc5c4nc3-c3ccc4ccccc4c3)ccc2c1. The highest BCUT2D eigenvalue weighted by molar-refractivity contribution is 6.20. The Morgan fingerprint density at radius 1 is 0.141 bits per heavy atom. The molecule has 78 heavy (non-hydrogen) atoms. The first-order valence-electron chi connectivity index (χ1n) is 26.3. The molecule has 0 saturated heterocycles. The van der Waals surface area contributed by atoms with E-state index in [1.165, 1.54) is 0 Å². The fourth-order valence-corrected chi connectivity index (χ4v) is 11.5. The molecule has 0 N–H and O–H groups in total. The third kappa shape index (κ3) is 7.26. The average Bonchev–Trinajstić information content (AvgIpc) is 3.69. The molecule has 0 amide bonds. The Morgan fingerprint density at radius 2 is 0.282 bits per heavy atom. The third-order valence-corrected chi connectivity index (χ3v) is 15.5. The minimum absolute atomic E-state index is 0.585. The molecule has 0 atom stereocenters. The van der Waals surface area contributed by atoms with Gasteiger partial charge in [0.15, 0.2) is 0 Å². The van der Waals surface area contributed by atoms with Crippen molar-refractivity contribution in [3.63, 3.8) is 0 Å². The molecule has 0 spiro atoms. The van der Waals surface area contributed by atoms with Gasteiger partial charge in [-0.15, -0.1) is 0 Å². The van der Waals surface area contributed by atoms with Crippen LogP contribution >= 0.6 is 0 Å². The molecule has 3 heterocycles. The highest BCUT2D eigenvalue weighted by Crippen LogP contribution is 2.43. The number of hydrogen-bond acceptors (Lipinski definition) is 6. The van der Waals surface area contributed by atoms with Crippen LogP contribution in [0, 0.1) is 0 Å². The highest BCUT2D eigenvalue weighted by Gasteiger charge is 2.26. The lowest BCUT2D eigenvalue weighted by Gasteiger charge is -2.18. The van der Waals surface area contributed by atoms with Crippen molar-refractivity contribution in [1.82, 2.24) is 29.9 Å². The molecule has 16 aromatic rings. The Morgan fingerprint density at radius 3 is 0.436 bits per heavy atom. The van der Waals surface area contributed by atoms with Crippen LogP contribution in [-0.4, -0.2) is 29.9 Å². The van der Waals surface area contributed by atoms with Gasteiger partial charge >= 0.3 is 0 Å². The molecule has 0 aliphatic heterocycles. The molecule has 0 radical (unpaired) electrons. The predicted octanol–water partition coefficient (Wildman–Crippen LogP) is 18.4. The summed E-state index contributed by atoms with van der Waals surface area (Å²) in [5.41, 5.74) is 13.5. The van der Waals surface area contributed by atoms with E-state index in [9.17, 15) is 0 Å². The zero-order valence-corrected chi connectivity index (χ0v) is 41.9. The number of aromatic nitrogens is 6. The molecule has 0 fully saturated rings. The predicted molar refractivity (Wildman–Crippen MR) is 323 cm³/mol. The Labute approximate surface area is 447 Å². The van der Waals surface area contributed by atoms with E-state index >= 15 is 0 Å². The Kier molecular flexibility index (Phi) is 9.84. The van der Waals surface area contributed by atoms with Crippen molar-refractivity contribution in [2.75, 3.05) is 0 Å². The fraction of sp³-hybridized carbons (Fsp3) is 0. The average molecular weight is 991 g/mol. The van der Waals surface area contributed by atoms with Crippen molar-refractivity contribution < 1.29 is 0 Å². The minimum atomic E-state index is 0.585. The maximum absolute atomic E-state index is 5.84. The smallest absolute Gasteiger partial charge is 0.120 e. The Hall–Kier alpha value is -10.6. The van der Waals surface area contributed by atoms with Crippen molar-refractivity contribution in [3.05, 3.63) is 255 Å². The second-order valence-electron chi connectivity index (χ2n) is 20.2. The summed E-state index contributed by atoms with van der Waals surface area (Å²) in [6.45, 7) is 0. The molecular formula is C72H42N6. The number of fused-ring (bicyclic) bond motifs is 12. The van der Waals surface area contributed by atoms with Crippen LogP contribution in [0.25, 0.3) is 165 Å². The summed E-state index contributed by atoms with van der Waals surface area (Å²) in [6, 6.07) is 90.0. The molecule has 0 aliphatic rings. The van der Waals surface area contributed by atoms with Crippen LogP contribution in [0.5, 0.6) is 0 Å². The van der Waals surface area contributed by atoms with Gasteiger partial charge in [-0.3, -0.25) is 0 Å². The molecule has 16 rings (SSSR count). The van der Waals surface area contributed by atoms with Gasteiger partial charge in [0.05, 0.1) is 34.2 Å². The second kappa shape index (κ2) is 17.5. The molecule has 0 bridgehead atoms. The van der Waals surface area contributed by atoms with Gasteiger partial charge in [-0.2, -0.15) is 0 Å². The normalized spacial score (nSPS) is 11.8. The molecule has 13 aromatic carbocycles. The van der Waals surface area contributed by atoms with Gasteiger partial charge in [0.25, 0.3) is 0 Å². The first kappa shape index (κ1) is 43.8. The van der Waals surface area contributed by atoms with Crippen LogP contribution in [0.3, 0.4) is 0 Å². The van der Waals surface area contributed by atoms with E-state index in [1.54, 1.807) is 0 Å². The monoisotopic (exact) mass is 990 g/mol. The number of hydrogen-bond donors (Lipinski definition) is 0. The molecule has 0 aliphatic carbocycles. The van der Waals surface area contributed by atoms with Crippen LogP contribution in [0.15, 0.2) is 255 Å². The van der Waals surface area contributed by atoms with E-state index < -0.39 is 0 Å². The van der Waals surface area contributed by atoms with Crippen molar-refractivity contribution in [1.29, 1.82) is 0 Å². The lowest BCUT2D eigenvalue weighted by Crippen LogP contribution is -2.04. The maximum atomic E-state index is 5.84. The summed E-state index contributed by atoms with van der Waals surface area (Å²) in [5, 5.41) is 13.5. The first-order chi connectivity index (χ1) is 38.6. The fourth-order valence-electron chi connectivity index (χ4n) is 11.5. The van der Waals surface area contributed by atoms with E-state index in [0.717, 1.165) is 132 Å². The second-order valence-corrected chi connectivity index (χ2v) is 20.2. The summed E-state index contributed by atoms with van der Waals surface area (Å²) < 4.78 is 0. The zero-order chi connectivity index (χ0) is 51.3. The van der Waals surface area contributed by atoms with Gasteiger partial charge in [-0.25, -0.2) is 29.9 Å². The van der Waals surface area contributed by atoms with Crippen molar-refractivity contribution in [2.45, 2.75) is 0 Å². The van der Waals surface area contributed by atoms with Crippen LogP contribution < -0.4 is 0 Å². The first-order valence-corrected chi connectivity index (χ1v) is 26.3. The van der Waals surface area contributed by atoms with E-state index in [0.29, 0.717) is 33.1 Å². The minimum Gasteiger partial charge on any atom is -0.241 e. The van der Waals surface area contributed by atoms with Gasteiger partial charge < -0.3 is 0 Å². The molecule has 0 unspecified atom stereocenters. The quantitative estimate of drug-likeness (QED) is 0.155. The summed E-state index contributed by atoms with van der Waals surface area (Å²) >= 11 is 0. The van der Waals surface area contributed by atoms with E-state index in [-0.39, 0.29) is 0 Å². The van der Waals surface area contributed by atoms with Gasteiger partial charge in [0, 0.05) is 33.4 Å². The molecule has 360 valence electrons. The standard InChI is InChI=1S/C72H42N6/c1-7-19-49-37-55(31-25-43(49)13-1)61-62(56-32-26-44-14-2-8-20-50(44)38-56)74-68-67(73-61)69-71(77-64(58-34-28-46-16-4-10-22-52(46)40-58)63(75-69)57-33-27-45-15-3-9-21-51(45)39-57)72-70(68)76-65(59-35-29-47-17-5-11-23-53(47)41-59)66(78-72)60-36-30-48-18-6-12-24-54(48)42-60/h1-42H.